The maximum absolute atomic E-state index is 12.2. The van der Waals surface area contributed by atoms with Crippen molar-refractivity contribution >= 4 is 17.8 Å². The average molecular weight is 330 g/mol. The summed E-state index contributed by atoms with van der Waals surface area (Å²) in [5, 5.41) is 0. The van der Waals surface area contributed by atoms with Crippen LogP contribution in [0.25, 0.3) is 0 Å². The molecule has 0 bridgehead atoms. The minimum atomic E-state index is -0.202. The molecule has 0 aromatic heterocycles. The minimum absolute atomic E-state index is 0.202. The summed E-state index contributed by atoms with van der Waals surface area (Å²) < 4.78 is 5.28. The lowest BCUT2D eigenvalue weighted by Crippen LogP contribution is -2.44. The summed E-state index contributed by atoms with van der Waals surface area (Å²) in [6.07, 6.45) is 1.49. The largest absolute Gasteiger partial charge is 0.378 e. The number of hydrogen-bond acceptors (Lipinski definition) is 4. The normalized spacial score (nSPS) is 18.2. The molecule has 0 saturated carbocycles. The van der Waals surface area contributed by atoms with Crippen molar-refractivity contribution in [3.63, 3.8) is 0 Å². The van der Waals surface area contributed by atoms with E-state index in [4.69, 9.17) is 10.5 Å². The van der Waals surface area contributed by atoms with E-state index in [0.29, 0.717) is 49.8 Å². The Labute approximate surface area is 141 Å². The smallest absolute Gasteiger partial charge is 0.261 e. The summed E-state index contributed by atoms with van der Waals surface area (Å²) in [6, 6.07) is 6.94. The molecule has 2 amide bonds. The first kappa shape index (κ1) is 16.4. The lowest BCUT2D eigenvalue weighted by molar-refractivity contribution is 0.0652. The van der Waals surface area contributed by atoms with Crippen molar-refractivity contribution < 1.29 is 14.3 Å². The Bertz CT molecular complexity index is 618. The molecular formula is C17H22N4O3. The van der Waals surface area contributed by atoms with E-state index in [-0.39, 0.29) is 11.8 Å². The SMILES string of the molecule is NC(=NCCCCN1C(=O)c2ccccc2C1=O)N1CCOCC1. The minimum Gasteiger partial charge on any atom is -0.378 e. The van der Waals surface area contributed by atoms with Crippen LogP contribution in [0.3, 0.4) is 0 Å². The number of benzene rings is 1. The molecule has 128 valence electrons. The molecule has 2 aliphatic heterocycles. The molecule has 1 fully saturated rings. The van der Waals surface area contributed by atoms with Crippen LogP contribution >= 0.6 is 0 Å². The third-order valence-electron chi connectivity index (χ3n) is 4.28. The summed E-state index contributed by atoms with van der Waals surface area (Å²) in [5.41, 5.74) is 6.95. The quantitative estimate of drug-likeness (QED) is 0.372. The molecule has 0 atom stereocenters. The molecule has 2 heterocycles. The molecule has 2 aliphatic rings. The highest BCUT2D eigenvalue weighted by molar-refractivity contribution is 6.21. The zero-order valence-electron chi connectivity index (χ0n) is 13.6. The van der Waals surface area contributed by atoms with Crippen molar-refractivity contribution in [2.45, 2.75) is 12.8 Å². The number of fused-ring (bicyclic) bond motifs is 1. The summed E-state index contributed by atoms with van der Waals surface area (Å²) >= 11 is 0. The van der Waals surface area contributed by atoms with E-state index >= 15 is 0 Å². The fourth-order valence-electron chi connectivity index (χ4n) is 2.91. The number of unbranched alkanes of at least 4 members (excludes halogenated alkanes) is 1. The van der Waals surface area contributed by atoms with Crippen LogP contribution in [0.2, 0.25) is 0 Å². The Morgan fingerprint density at radius 3 is 2.33 bits per heavy atom. The number of aliphatic imine (C=N–C) groups is 1. The number of guanidine groups is 1. The van der Waals surface area contributed by atoms with Gasteiger partial charge in [-0.2, -0.15) is 0 Å². The number of nitrogens with zero attached hydrogens (tertiary/aromatic N) is 3. The number of nitrogens with two attached hydrogens (primary N) is 1. The fraction of sp³-hybridized carbons (Fsp3) is 0.471. The first-order valence-electron chi connectivity index (χ1n) is 8.26. The maximum Gasteiger partial charge on any atom is 0.261 e. The molecule has 0 radical (unpaired) electrons. The van der Waals surface area contributed by atoms with Crippen LogP contribution in [0, 0.1) is 0 Å². The summed E-state index contributed by atoms with van der Waals surface area (Å²) in [6.45, 7) is 3.90. The van der Waals surface area contributed by atoms with E-state index in [1.54, 1.807) is 24.3 Å². The van der Waals surface area contributed by atoms with Gasteiger partial charge in [-0.3, -0.25) is 19.5 Å². The second-order valence-electron chi connectivity index (χ2n) is 5.85. The third kappa shape index (κ3) is 3.41. The molecule has 1 saturated heterocycles. The summed E-state index contributed by atoms with van der Waals surface area (Å²) in [5.74, 6) is 0.137. The average Bonchev–Trinajstić information content (AvgIpc) is 2.87. The standard InChI is InChI=1S/C17H22N4O3/c18-17(20-9-11-24-12-10-20)19-7-3-4-8-21-15(22)13-5-1-2-6-14(13)16(21)23/h1-2,5-6H,3-4,7-12H2,(H2,18,19). The van der Waals surface area contributed by atoms with Gasteiger partial charge < -0.3 is 15.4 Å². The molecule has 0 unspecified atom stereocenters. The van der Waals surface area contributed by atoms with Crippen LogP contribution in [-0.2, 0) is 4.74 Å². The van der Waals surface area contributed by atoms with Gasteiger partial charge in [0.2, 0.25) is 0 Å². The molecule has 7 heteroatoms. The van der Waals surface area contributed by atoms with Crippen molar-refractivity contribution in [2.24, 2.45) is 10.7 Å². The molecule has 1 aromatic carbocycles. The molecule has 3 rings (SSSR count). The highest BCUT2D eigenvalue weighted by Crippen LogP contribution is 2.22. The number of ether oxygens (including phenoxy) is 1. The monoisotopic (exact) mass is 330 g/mol. The number of hydrogen-bond donors (Lipinski definition) is 1. The van der Waals surface area contributed by atoms with E-state index in [2.05, 4.69) is 4.99 Å². The van der Waals surface area contributed by atoms with Gasteiger partial charge in [-0.25, -0.2) is 0 Å². The number of amides is 2. The van der Waals surface area contributed by atoms with Crippen molar-refractivity contribution in [3.8, 4) is 0 Å². The highest BCUT2D eigenvalue weighted by Gasteiger charge is 2.34. The third-order valence-corrected chi connectivity index (χ3v) is 4.28. The zero-order valence-corrected chi connectivity index (χ0v) is 13.6. The maximum atomic E-state index is 12.2. The van der Waals surface area contributed by atoms with Gasteiger partial charge in [0.15, 0.2) is 5.96 Å². The van der Waals surface area contributed by atoms with Gasteiger partial charge in [0.1, 0.15) is 0 Å². The predicted molar refractivity (Wildman–Crippen MR) is 89.9 cm³/mol. The fourth-order valence-corrected chi connectivity index (χ4v) is 2.91. The molecule has 0 spiro atoms. The van der Waals surface area contributed by atoms with Crippen LogP contribution < -0.4 is 5.73 Å². The second-order valence-corrected chi connectivity index (χ2v) is 5.85. The Morgan fingerprint density at radius 1 is 1.08 bits per heavy atom. The zero-order chi connectivity index (χ0) is 16.9. The summed E-state index contributed by atoms with van der Waals surface area (Å²) in [4.78, 5) is 32.1. The van der Waals surface area contributed by atoms with Gasteiger partial charge in [-0.15, -0.1) is 0 Å². The second kappa shape index (κ2) is 7.44. The Hall–Kier alpha value is -2.41. The Morgan fingerprint density at radius 2 is 1.71 bits per heavy atom. The first-order valence-corrected chi connectivity index (χ1v) is 8.26. The lowest BCUT2D eigenvalue weighted by atomic mass is 10.1. The molecule has 1 aromatic rings. The molecular weight excluding hydrogens is 308 g/mol. The van der Waals surface area contributed by atoms with Crippen molar-refractivity contribution in [1.82, 2.24) is 9.80 Å². The highest BCUT2D eigenvalue weighted by atomic mass is 16.5. The van der Waals surface area contributed by atoms with Gasteiger partial charge in [0, 0.05) is 26.2 Å². The van der Waals surface area contributed by atoms with Crippen LogP contribution in [0.15, 0.2) is 29.3 Å². The van der Waals surface area contributed by atoms with E-state index in [0.717, 1.165) is 19.5 Å². The predicted octanol–water partition coefficient (Wildman–Crippen LogP) is 0.710. The Kier molecular flexibility index (Phi) is 5.10. The topological polar surface area (TPSA) is 88.2 Å². The first-order chi connectivity index (χ1) is 11.7. The molecule has 7 nitrogen and oxygen atoms in total. The molecule has 2 N–H and O–H groups in total. The molecule has 24 heavy (non-hydrogen) atoms. The number of carbonyl (C=O) groups is 2. The van der Waals surface area contributed by atoms with E-state index in [1.807, 2.05) is 4.90 Å². The van der Waals surface area contributed by atoms with Crippen molar-refractivity contribution in [3.05, 3.63) is 35.4 Å². The van der Waals surface area contributed by atoms with Gasteiger partial charge in [0.05, 0.1) is 24.3 Å². The Balaban J connectivity index is 1.44. The van der Waals surface area contributed by atoms with Gasteiger partial charge in [-0.1, -0.05) is 12.1 Å². The van der Waals surface area contributed by atoms with Crippen LogP contribution in [0.5, 0.6) is 0 Å². The number of morpholine rings is 1. The van der Waals surface area contributed by atoms with Crippen molar-refractivity contribution in [1.29, 1.82) is 0 Å². The molecule has 0 aliphatic carbocycles. The van der Waals surface area contributed by atoms with E-state index in [1.165, 1.54) is 4.90 Å². The number of rotatable bonds is 5. The van der Waals surface area contributed by atoms with Crippen LogP contribution in [0.4, 0.5) is 0 Å². The van der Waals surface area contributed by atoms with Crippen LogP contribution in [-0.4, -0.2) is 67.0 Å². The van der Waals surface area contributed by atoms with Gasteiger partial charge >= 0.3 is 0 Å². The van der Waals surface area contributed by atoms with Gasteiger partial charge in [0.25, 0.3) is 11.8 Å². The summed E-state index contributed by atoms with van der Waals surface area (Å²) in [7, 11) is 0. The lowest BCUT2D eigenvalue weighted by Gasteiger charge is -2.27. The van der Waals surface area contributed by atoms with Gasteiger partial charge in [-0.05, 0) is 25.0 Å². The van der Waals surface area contributed by atoms with Crippen LogP contribution in [0.1, 0.15) is 33.6 Å². The van der Waals surface area contributed by atoms with E-state index in [9.17, 15) is 9.59 Å². The van der Waals surface area contributed by atoms with Crippen molar-refractivity contribution in [2.75, 3.05) is 39.4 Å². The van der Waals surface area contributed by atoms with E-state index < -0.39 is 0 Å². The number of imide groups is 1. The number of carbonyl (C=O) groups excluding carboxylic acids is 2.